The minimum absolute atomic E-state index is 0.486. The van der Waals surface area contributed by atoms with Crippen molar-refractivity contribution in [2.24, 2.45) is 5.92 Å². The van der Waals surface area contributed by atoms with Gasteiger partial charge in [-0.3, -0.25) is 0 Å². The number of aryl methyl sites for hydroxylation is 1. The van der Waals surface area contributed by atoms with Gasteiger partial charge in [-0.15, -0.1) is 0 Å². The fraction of sp³-hybridized carbons (Fsp3) is 0.818. The van der Waals surface area contributed by atoms with Gasteiger partial charge in [-0.2, -0.15) is 0 Å². The molecule has 0 spiro atoms. The van der Waals surface area contributed by atoms with Gasteiger partial charge in [0.15, 0.2) is 0 Å². The summed E-state index contributed by atoms with van der Waals surface area (Å²) in [6, 6.07) is 0.486. The lowest BCUT2D eigenvalue weighted by Gasteiger charge is -2.28. The van der Waals surface area contributed by atoms with Crippen LogP contribution < -0.4 is 5.32 Å². The topological polar surface area (TPSA) is 60.2 Å². The van der Waals surface area contributed by atoms with E-state index in [1.165, 1.54) is 0 Å². The Morgan fingerprint density at radius 1 is 1.38 bits per heavy atom. The molecule has 1 saturated heterocycles. The van der Waals surface area contributed by atoms with Gasteiger partial charge in [0, 0.05) is 25.8 Å². The van der Waals surface area contributed by atoms with Gasteiger partial charge in [0.1, 0.15) is 11.4 Å². The maximum Gasteiger partial charge on any atom is 0.121 e. The first-order valence-electron chi connectivity index (χ1n) is 5.86. The molecule has 90 valence electrons. The number of nitrogens with one attached hydrogen (secondary N) is 1. The molecule has 2 rings (SSSR count). The summed E-state index contributed by atoms with van der Waals surface area (Å²) in [5, 5.41) is 11.1. The molecule has 1 unspecified atom stereocenters. The first kappa shape index (κ1) is 11.5. The Kier molecular flexibility index (Phi) is 3.90. The molecule has 5 nitrogen and oxygen atoms in total. The normalized spacial score (nSPS) is 19.9. The Morgan fingerprint density at radius 2 is 2.12 bits per heavy atom. The third-order valence-electron chi connectivity index (χ3n) is 3.31. The van der Waals surface area contributed by atoms with Crippen LogP contribution in [0.25, 0.3) is 0 Å². The maximum absolute atomic E-state index is 5.35. The van der Waals surface area contributed by atoms with E-state index in [-0.39, 0.29) is 0 Å². The standard InChI is InChI=1S/C11H19N3O2/c1-8(10-3-5-15-6-4-10)12-7-11-9(2)13-16-14-11/h8,10,12H,3-7H2,1-2H3. The molecule has 1 aliphatic heterocycles. The summed E-state index contributed by atoms with van der Waals surface area (Å²) >= 11 is 0. The van der Waals surface area contributed by atoms with Gasteiger partial charge in [-0.05, 0) is 32.6 Å². The van der Waals surface area contributed by atoms with Crippen LogP contribution in [0.2, 0.25) is 0 Å². The fourth-order valence-electron chi connectivity index (χ4n) is 2.05. The van der Waals surface area contributed by atoms with Crippen molar-refractivity contribution in [3.63, 3.8) is 0 Å². The van der Waals surface area contributed by atoms with E-state index in [0.717, 1.165) is 44.0 Å². The van der Waals surface area contributed by atoms with Gasteiger partial charge in [-0.1, -0.05) is 10.3 Å². The molecule has 1 fully saturated rings. The molecule has 0 aromatic carbocycles. The summed E-state index contributed by atoms with van der Waals surface area (Å²) in [7, 11) is 0. The third-order valence-corrected chi connectivity index (χ3v) is 3.31. The molecule has 1 aromatic heterocycles. The fourth-order valence-corrected chi connectivity index (χ4v) is 2.05. The summed E-state index contributed by atoms with van der Waals surface area (Å²) in [4.78, 5) is 0. The number of hydrogen-bond donors (Lipinski definition) is 1. The number of aromatic nitrogens is 2. The van der Waals surface area contributed by atoms with Crippen molar-refractivity contribution in [3.8, 4) is 0 Å². The monoisotopic (exact) mass is 225 g/mol. The van der Waals surface area contributed by atoms with Gasteiger partial charge in [0.25, 0.3) is 0 Å². The molecule has 0 saturated carbocycles. The highest BCUT2D eigenvalue weighted by atomic mass is 16.6. The van der Waals surface area contributed by atoms with Crippen LogP contribution >= 0.6 is 0 Å². The highest BCUT2D eigenvalue weighted by molar-refractivity contribution is 5.04. The molecule has 5 heteroatoms. The van der Waals surface area contributed by atoms with Crippen LogP contribution in [0.4, 0.5) is 0 Å². The molecule has 1 N–H and O–H groups in total. The van der Waals surface area contributed by atoms with Crippen LogP contribution in [0.3, 0.4) is 0 Å². The molecule has 2 heterocycles. The number of hydrogen-bond acceptors (Lipinski definition) is 5. The zero-order valence-electron chi connectivity index (χ0n) is 9.90. The largest absolute Gasteiger partial charge is 0.381 e. The SMILES string of the molecule is Cc1nonc1CNC(C)C1CCOCC1. The summed E-state index contributed by atoms with van der Waals surface area (Å²) in [5.74, 6) is 0.703. The smallest absolute Gasteiger partial charge is 0.121 e. The number of nitrogens with zero attached hydrogens (tertiary/aromatic N) is 2. The van der Waals surface area contributed by atoms with Crippen LogP contribution in [0, 0.1) is 12.8 Å². The number of rotatable bonds is 4. The van der Waals surface area contributed by atoms with Crippen molar-refractivity contribution < 1.29 is 9.37 Å². The molecule has 0 bridgehead atoms. The Morgan fingerprint density at radius 3 is 2.75 bits per heavy atom. The zero-order valence-corrected chi connectivity index (χ0v) is 9.90. The van der Waals surface area contributed by atoms with E-state index < -0.39 is 0 Å². The van der Waals surface area contributed by atoms with Crippen molar-refractivity contribution in [2.75, 3.05) is 13.2 Å². The second kappa shape index (κ2) is 5.41. The first-order valence-corrected chi connectivity index (χ1v) is 5.86. The molecule has 0 radical (unpaired) electrons. The molecule has 1 atom stereocenters. The summed E-state index contributed by atoms with van der Waals surface area (Å²) in [6.45, 7) is 6.64. The lowest BCUT2D eigenvalue weighted by molar-refractivity contribution is 0.0557. The Hall–Kier alpha value is -0.940. The van der Waals surface area contributed by atoms with Gasteiger partial charge in [-0.25, -0.2) is 4.63 Å². The van der Waals surface area contributed by atoms with E-state index in [4.69, 9.17) is 4.74 Å². The second-order valence-corrected chi connectivity index (χ2v) is 4.42. The van der Waals surface area contributed by atoms with E-state index in [1.807, 2.05) is 6.92 Å². The lowest BCUT2D eigenvalue weighted by Crippen LogP contribution is -2.36. The van der Waals surface area contributed by atoms with Crippen molar-refractivity contribution in [3.05, 3.63) is 11.4 Å². The molecule has 16 heavy (non-hydrogen) atoms. The minimum Gasteiger partial charge on any atom is -0.381 e. The number of ether oxygens (including phenoxy) is 1. The van der Waals surface area contributed by atoms with Crippen LogP contribution in [0.1, 0.15) is 31.2 Å². The summed E-state index contributed by atoms with van der Waals surface area (Å²) < 4.78 is 10.0. The minimum atomic E-state index is 0.486. The van der Waals surface area contributed by atoms with Crippen LogP contribution in [0.15, 0.2) is 4.63 Å². The predicted molar refractivity (Wildman–Crippen MR) is 58.9 cm³/mol. The summed E-state index contributed by atoms with van der Waals surface area (Å²) in [6.07, 6.45) is 2.29. The second-order valence-electron chi connectivity index (χ2n) is 4.42. The Bertz CT molecular complexity index is 321. The predicted octanol–water partition coefficient (Wildman–Crippen LogP) is 1.28. The molecular formula is C11H19N3O2. The van der Waals surface area contributed by atoms with Crippen LogP contribution in [-0.4, -0.2) is 29.6 Å². The zero-order chi connectivity index (χ0) is 11.4. The van der Waals surface area contributed by atoms with E-state index in [0.29, 0.717) is 12.0 Å². The van der Waals surface area contributed by atoms with Crippen molar-refractivity contribution in [1.82, 2.24) is 15.6 Å². The first-order chi connectivity index (χ1) is 7.77. The van der Waals surface area contributed by atoms with Crippen molar-refractivity contribution in [1.29, 1.82) is 0 Å². The van der Waals surface area contributed by atoms with Crippen LogP contribution in [0.5, 0.6) is 0 Å². The van der Waals surface area contributed by atoms with E-state index in [9.17, 15) is 0 Å². The molecule has 0 aliphatic carbocycles. The van der Waals surface area contributed by atoms with Gasteiger partial charge in [0.2, 0.25) is 0 Å². The average molecular weight is 225 g/mol. The summed E-state index contributed by atoms with van der Waals surface area (Å²) in [5.41, 5.74) is 1.77. The van der Waals surface area contributed by atoms with E-state index >= 15 is 0 Å². The maximum atomic E-state index is 5.35. The lowest BCUT2D eigenvalue weighted by atomic mass is 9.93. The average Bonchev–Trinajstić information content (AvgIpc) is 2.73. The Labute approximate surface area is 95.5 Å². The van der Waals surface area contributed by atoms with Gasteiger partial charge in [0.05, 0.1) is 0 Å². The highest BCUT2D eigenvalue weighted by Gasteiger charge is 2.20. The third kappa shape index (κ3) is 2.80. The van der Waals surface area contributed by atoms with Gasteiger partial charge < -0.3 is 10.1 Å². The van der Waals surface area contributed by atoms with E-state index in [1.54, 1.807) is 0 Å². The van der Waals surface area contributed by atoms with Gasteiger partial charge >= 0.3 is 0 Å². The molecule has 1 aliphatic rings. The molecule has 0 amide bonds. The highest BCUT2D eigenvalue weighted by Crippen LogP contribution is 2.18. The molecular weight excluding hydrogens is 206 g/mol. The quantitative estimate of drug-likeness (QED) is 0.836. The van der Waals surface area contributed by atoms with Crippen LogP contribution in [-0.2, 0) is 11.3 Å². The molecule has 1 aromatic rings. The Balaban J connectivity index is 1.78. The van der Waals surface area contributed by atoms with Crippen molar-refractivity contribution in [2.45, 2.75) is 39.3 Å². The van der Waals surface area contributed by atoms with E-state index in [2.05, 4.69) is 27.2 Å². The van der Waals surface area contributed by atoms with Crippen molar-refractivity contribution >= 4 is 0 Å².